The Labute approximate surface area is 228 Å². The number of fused-ring (bicyclic) bond motifs is 1. The number of aromatic nitrogens is 3. The molecule has 10 nitrogen and oxygen atoms in total. The molecule has 1 amide bonds. The lowest BCUT2D eigenvalue weighted by atomic mass is 9.94. The van der Waals surface area contributed by atoms with Crippen molar-refractivity contribution in [1.29, 1.82) is 0 Å². The predicted molar refractivity (Wildman–Crippen MR) is 142 cm³/mol. The maximum absolute atomic E-state index is 15.0. The van der Waals surface area contributed by atoms with E-state index in [4.69, 9.17) is 4.74 Å². The van der Waals surface area contributed by atoms with Gasteiger partial charge in [0, 0.05) is 17.2 Å². The number of nitrogens with one attached hydrogen (secondary N) is 1. The molecule has 1 aliphatic rings. The molecule has 2 aromatic heterocycles. The molecule has 4 rings (SSSR count). The summed E-state index contributed by atoms with van der Waals surface area (Å²) in [5.74, 6) is -1.84. The van der Waals surface area contributed by atoms with Crippen molar-refractivity contribution in [2.75, 3.05) is 18.1 Å². The van der Waals surface area contributed by atoms with E-state index in [0.29, 0.717) is 0 Å². The van der Waals surface area contributed by atoms with Crippen LogP contribution in [0.3, 0.4) is 0 Å². The number of nitrogens with zero attached hydrogens (tertiary/aromatic N) is 3. The Kier molecular flexibility index (Phi) is 7.80. The molecule has 14 heteroatoms. The number of ether oxygens (including phenoxy) is 1. The Bertz CT molecular complexity index is 1600. The van der Waals surface area contributed by atoms with Crippen LogP contribution in [0.25, 0.3) is 16.7 Å². The number of alkyl halides is 2. The second-order valence-electron chi connectivity index (χ2n) is 10.9. The summed E-state index contributed by atoms with van der Waals surface area (Å²) in [5.41, 5.74) is -2.69. The number of hydrogen-bond acceptors (Lipinski definition) is 7. The molecule has 0 aliphatic carbocycles. The number of sulfone groups is 1. The topological polar surface area (TPSA) is 133 Å². The average Bonchev–Trinajstić information content (AvgIpc) is 3.15. The molecule has 0 spiro atoms. The summed E-state index contributed by atoms with van der Waals surface area (Å²) in [6, 6.07) is 4.48. The van der Waals surface area contributed by atoms with Gasteiger partial charge in [-0.1, -0.05) is 0 Å². The molecule has 2 N–H and O–H groups in total. The van der Waals surface area contributed by atoms with Crippen LogP contribution >= 0.6 is 0 Å². The molecule has 40 heavy (non-hydrogen) atoms. The van der Waals surface area contributed by atoms with Gasteiger partial charge in [0.05, 0.1) is 46.1 Å². The largest absolute Gasteiger partial charge is 0.472 e. The summed E-state index contributed by atoms with van der Waals surface area (Å²) < 4.78 is 71.1. The SMILES string of the molecule is CC(n1c(=O)n(-c2cc(OCC(F)F)ncc2F)c2ccc(C(=O)NC3(C)CCS(=O)(=O)CC3)cc21)C(C)(C)O. The van der Waals surface area contributed by atoms with Gasteiger partial charge < -0.3 is 15.2 Å². The molecule has 1 fully saturated rings. The number of hydrogen-bond donors (Lipinski definition) is 2. The fourth-order valence-electron chi connectivity index (χ4n) is 4.55. The lowest BCUT2D eigenvalue weighted by Gasteiger charge is -2.34. The highest BCUT2D eigenvalue weighted by Gasteiger charge is 2.35. The van der Waals surface area contributed by atoms with Crippen LogP contribution in [0.4, 0.5) is 13.2 Å². The van der Waals surface area contributed by atoms with Crippen molar-refractivity contribution in [2.24, 2.45) is 0 Å². The first-order valence-corrected chi connectivity index (χ1v) is 14.4. The van der Waals surface area contributed by atoms with E-state index in [2.05, 4.69) is 10.3 Å². The zero-order valence-electron chi connectivity index (χ0n) is 22.4. The number of carbonyl (C=O) groups excluding carboxylic acids is 1. The van der Waals surface area contributed by atoms with Gasteiger partial charge in [-0.15, -0.1) is 0 Å². The number of carbonyl (C=O) groups is 1. The third-order valence-corrected chi connectivity index (χ3v) is 8.95. The lowest BCUT2D eigenvalue weighted by molar-refractivity contribution is 0.0307. The van der Waals surface area contributed by atoms with Gasteiger partial charge >= 0.3 is 5.69 Å². The van der Waals surface area contributed by atoms with E-state index in [0.717, 1.165) is 16.8 Å². The minimum absolute atomic E-state index is 0.0468. The molecule has 3 aromatic rings. The average molecular weight is 585 g/mol. The molecule has 1 aliphatic heterocycles. The third kappa shape index (κ3) is 6.02. The maximum Gasteiger partial charge on any atom is 0.334 e. The van der Waals surface area contributed by atoms with Crippen LogP contribution in [0, 0.1) is 5.82 Å². The molecule has 0 saturated carbocycles. The normalized spacial score (nSPS) is 17.6. The molecule has 1 unspecified atom stereocenters. The van der Waals surface area contributed by atoms with Crippen LogP contribution in [0.1, 0.15) is 56.9 Å². The van der Waals surface area contributed by atoms with Gasteiger partial charge in [-0.25, -0.2) is 31.4 Å². The van der Waals surface area contributed by atoms with E-state index >= 15 is 0 Å². The van der Waals surface area contributed by atoms with Crippen molar-refractivity contribution in [1.82, 2.24) is 19.4 Å². The highest BCUT2D eigenvalue weighted by Crippen LogP contribution is 2.30. The minimum atomic E-state index is -3.15. The second-order valence-corrected chi connectivity index (χ2v) is 13.2. The standard InChI is InChI=1S/C26H31F3N4O6S/c1-15(25(2,3)36)32-20-11-16(23(34)31-26(4)7-9-40(37,38)10-8-26)5-6-18(20)33(24(32)35)19-12-22(30-13-17(19)27)39-14-21(28)29/h5-6,11-13,15,21,36H,7-10,14H2,1-4H3,(H,31,34). The summed E-state index contributed by atoms with van der Waals surface area (Å²) >= 11 is 0. The Hall–Kier alpha value is -3.39. The van der Waals surface area contributed by atoms with Crippen molar-refractivity contribution < 1.29 is 36.2 Å². The second kappa shape index (κ2) is 10.5. The Balaban J connectivity index is 1.82. The van der Waals surface area contributed by atoms with Crippen LogP contribution in [-0.4, -0.2) is 69.2 Å². The predicted octanol–water partition coefficient (Wildman–Crippen LogP) is 3.00. The van der Waals surface area contributed by atoms with Crippen molar-refractivity contribution in [3.63, 3.8) is 0 Å². The zero-order valence-corrected chi connectivity index (χ0v) is 23.3. The fraction of sp³-hybridized carbons (Fsp3) is 0.500. The highest BCUT2D eigenvalue weighted by atomic mass is 32.2. The Morgan fingerprint density at radius 2 is 1.88 bits per heavy atom. The molecular formula is C26H31F3N4O6S. The summed E-state index contributed by atoms with van der Waals surface area (Å²) in [6.07, 6.45) is -1.55. The molecule has 3 heterocycles. The first-order chi connectivity index (χ1) is 18.5. The quantitative estimate of drug-likeness (QED) is 0.416. The van der Waals surface area contributed by atoms with Crippen molar-refractivity contribution in [3.05, 3.63) is 52.3 Å². The van der Waals surface area contributed by atoms with Crippen LogP contribution in [0.2, 0.25) is 0 Å². The first kappa shape index (κ1) is 29.6. The van der Waals surface area contributed by atoms with E-state index < -0.39 is 57.5 Å². The van der Waals surface area contributed by atoms with Gasteiger partial charge in [0.25, 0.3) is 12.3 Å². The minimum Gasteiger partial charge on any atom is -0.472 e. The number of rotatable bonds is 8. The fourth-order valence-corrected chi connectivity index (χ4v) is 6.28. The van der Waals surface area contributed by atoms with Crippen LogP contribution in [0.15, 0.2) is 35.3 Å². The van der Waals surface area contributed by atoms with Crippen LogP contribution in [0.5, 0.6) is 5.88 Å². The van der Waals surface area contributed by atoms with E-state index in [1.54, 1.807) is 13.8 Å². The Morgan fingerprint density at radius 3 is 2.48 bits per heavy atom. The summed E-state index contributed by atoms with van der Waals surface area (Å²) in [6.45, 7) is 5.35. The number of pyridine rings is 1. The molecule has 1 atom stereocenters. The number of halogens is 3. The van der Waals surface area contributed by atoms with E-state index in [9.17, 15) is 36.3 Å². The maximum atomic E-state index is 15.0. The van der Waals surface area contributed by atoms with E-state index in [-0.39, 0.29) is 52.5 Å². The molecule has 218 valence electrons. The molecule has 0 bridgehead atoms. The van der Waals surface area contributed by atoms with Gasteiger partial charge in [0.2, 0.25) is 5.88 Å². The number of benzene rings is 1. The van der Waals surface area contributed by atoms with Gasteiger partial charge in [-0.05, 0) is 58.7 Å². The smallest absolute Gasteiger partial charge is 0.334 e. The molecule has 1 saturated heterocycles. The monoisotopic (exact) mass is 584 g/mol. The number of amides is 1. The van der Waals surface area contributed by atoms with Gasteiger partial charge in [0.15, 0.2) is 12.4 Å². The van der Waals surface area contributed by atoms with Crippen molar-refractivity contribution in [3.8, 4) is 11.6 Å². The van der Waals surface area contributed by atoms with Crippen molar-refractivity contribution >= 4 is 26.8 Å². The number of aliphatic hydroxyl groups is 1. The number of imidazole rings is 1. The summed E-state index contributed by atoms with van der Waals surface area (Å²) in [4.78, 5) is 30.6. The lowest BCUT2D eigenvalue weighted by Crippen LogP contribution is -2.50. The zero-order chi connectivity index (χ0) is 29.6. The van der Waals surface area contributed by atoms with Crippen LogP contribution in [-0.2, 0) is 9.84 Å². The van der Waals surface area contributed by atoms with Gasteiger partial charge in [0.1, 0.15) is 9.84 Å². The molecule has 1 aromatic carbocycles. The Morgan fingerprint density at radius 1 is 1.23 bits per heavy atom. The summed E-state index contributed by atoms with van der Waals surface area (Å²) in [5, 5.41) is 13.6. The molecule has 0 radical (unpaired) electrons. The highest BCUT2D eigenvalue weighted by molar-refractivity contribution is 7.91. The van der Waals surface area contributed by atoms with Crippen LogP contribution < -0.4 is 15.7 Å². The van der Waals surface area contributed by atoms with E-state index in [1.807, 2.05) is 0 Å². The van der Waals surface area contributed by atoms with Crippen molar-refractivity contribution in [2.45, 2.75) is 64.1 Å². The van der Waals surface area contributed by atoms with Gasteiger partial charge in [-0.3, -0.25) is 13.9 Å². The first-order valence-electron chi connectivity index (χ1n) is 12.6. The summed E-state index contributed by atoms with van der Waals surface area (Å²) in [7, 11) is -3.15. The van der Waals surface area contributed by atoms with E-state index in [1.165, 1.54) is 36.6 Å². The molecular weight excluding hydrogens is 553 g/mol. The van der Waals surface area contributed by atoms with Gasteiger partial charge in [-0.2, -0.15) is 0 Å². The third-order valence-electron chi connectivity index (χ3n) is 7.30.